The smallest absolute Gasteiger partial charge is 0.392 e. The number of aromatic nitrogens is 2. The average Bonchev–Trinajstić information content (AvgIpc) is 2.27. The maximum atomic E-state index is 11.7. The molecule has 2 N–H and O–H groups in total. The molecule has 88 valence electrons. The number of ether oxygens (including phenoxy) is 1. The minimum Gasteiger partial charge on any atom is -0.475 e. The molecule has 1 aromatic rings. The molecule has 0 aliphatic rings. The first-order valence-corrected chi connectivity index (χ1v) is 3.87. The van der Waals surface area contributed by atoms with Gasteiger partial charge in [0.1, 0.15) is 5.69 Å². The molecule has 0 saturated heterocycles. The number of nitrogens with zero attached hydrogens (tertiary/aromatic N) is 2. The van der Waals surface area contributed by atoms with Crippen molar-refractivity contribution in [1.29, 1.82) is 0 Å². The van der Waals surface area contributed by atoms with Crippen LogP contribution in [-0.2, 0) is 7.05 Å². The highest BCUT2D eigenvalue weighted by molar-refractivity contribution is 5.85. The lowest BCUT2D eigenvalue weighted by Gasteiger charge is -2.06. The number of hydrogen-bond acceptors (Lipinski definition) is 3. The number of nitrogen functional groups attached to an aromatic ring is 1. The second-order valence-corrected chi connectivity index (χ2v) is 2.78. The van der Waals surface area contributed by atoms with Gasteiger partial charge < -0.3 is 10.5 Å². The summed E-state index contributed by atoms with van der Waals surface area (Å²) in [4.78, 5) is 0. The third-order valence-corrected chi connectivity index (χ3v) is 1.45. The van der Waals surface area contributed by atoms with Gasteiger partial charge in [0.05, 0.1) is 19.2 Å². The summed E-state index contributed by atoms with van der Waals surface area (Å²) in [6, 6.07) is 0. The summed E-state index contributed by atoms with van der Waals surface area (Å²) in [6.45, 7) is -0.468. The van der Waals surface area contributed by atoms with Crippen LogP contribution >= 0.6 is 12.4 Å². The van der Waals surface area contributed by atoms with Gasteiger partial charge >= 0.3 is 6.18 Å². The van der Waals surface area contributed by atoms with Crippen LogP contribution < -0.4 is 10.5 Å². The largest absolute Gasteiger partial charge is 0.475 e. The van der Waals surface area contributed by atoms with Gasteiger partial charge in [-0.3, -0.25) is 4.68 Å². The van der Waals surface area contributed by atoms with E-state index in [1.54, 1.807) is 7.05 Å². The zero-order valence-corrected chi connectivity index (χ0v) is 8.73. The van der Waals surface area contributed by atoms with E-state index in [1.807, 2.05) is 0 Å². The Morgan fingerprint density at radius 2 is 2.13 bits per heavy atom. The van der Waals surface area contributed by atoms with Crippen molar-refractivity contribution in [3.05, 3.63) is 6.20 Å². The molecule has 0 aliphatic heterocycles. The summed E-state index contributed by atoms with van der Waals surface area (Å²) in [5.74, 6) is 0.0387. The predicted octanol–water partition coefficient (Wildman–Crippen LogP) is 1.76. The highest BCUT2D eigenvalue weighted by Gasteiger charge is 2.27. The van der Waals surface area contributed by atoms with Gasteiger partial charge in [0, 0.05) is 7.05 Å². The normalized spacial score (nSPS) is 10.9. The molecule has 0 aliphatic carbocycles. The van der Waals surface area contributed by atoms with E-state index in [2.05, 4.69) is 5.10 Å². The van der Waals surface area contributed by atoms with E-state index in [9.17, 15) is 13.2 Å². The Kier molecular flexibility index (Phi) is 4.73. The first-order valence-electron chi connectivity index (χ1n) is 3.87. The molecule has 8 heteroatoms. The number of nitrogens with two attached hydrogens (primary N) is 1. The van der Waals surface area contributed by atoms with Crippen LogP contribution in [0.15, 0.2) is 6.20 Å². The van der Waals surface area contributed by atoms with Gasteiger partial charge in [-0.2, -0.15) is 13.2 Å². The molecule has 15 heavy (non-hydrogen) atoms. The lowest BCUT2D eigenvalue weighted by atomic mass is 10.4. The number of aryl methyl sites for hydroxylation is 1. The maximum Gasteiger partial charge on any atom is 0.392 e. The molecule has 0 fully saturated rings. The monoisotopic (exact) mass is 245 g/mol. The van der Waals surface area contributed by atoms with Crippen LogP contribution in [-0.4, -0.2) is 22.6 Å². The molecule has 0 bridgehead atoms. The van der Waals surface area contributed by atoms with Crippen molar-refractivity contribution in [2.45, 2.75) is 12.6 Å². The lowest BCUT2D eigenvalue weighted by molar-refractivity contribution is -0.139. The van der Waals surface area contributed by atoms with Crippen LogP contribution in [0.4, 0.5) is 18.9 Å². The fraction of sp³-hybridized carbons (Fsp3) is 0.571. The molecule has 0 atom stereocenters. The minimum atomic E-state index is -4.22. The summed E-state index contributed by atoms with van der Waals surface area (Å²) in [5.41, 5.74) is 5.63. The number of rotatable bonds is 3. The van der Waals surface area contributed by atoms with Crippen molar-refractivity contribution >= 4 is 18.1 Å². The van der Waals surface area contributed by atoms with E-state index in [0.717, 1.165) is 0 Å². The molecule has 0 unspecified atom stereocenters. The molecule has 0 aromatic carbocycles. The van der Waals surface area contributed by atoms with Crippen molar-refractivity contribution < 1.29 is 17.9 Å². The van der Waals surface area contributed by atoms with Gasteiger partial charge in [-0.15, -0.1) is 17.5 Å². The van der Waals surface area contributed by atoms with Crippen molar-refractivity contribution in [3.8, 4) is 5.88 Å². The summed E-state index contributed by atoms with van der Waals surface area (Å²) in [5, 5.41) is 3.73. The third kappa shape index (κ3) is 4.78. The SMILES string of the molecule is Cl.Cn1cc(N)c(OCCC(F)(F)F)n1. The first-order chi connectivity index (χ1) is 6.38. The topological polar surface area (TPSA) is 53.1 Å². The van der Waals surface area contributed by atoms with Crippen LogP contribution in [0.25, 0.3) is 0 Å². The van der Waals surface area contributed by atoms with E-state index in [-0.39, 0.29) is 24.0 Å². The Hall–Kier alpha value is -1.11. The molecule has 4 nitrogen and oxygen atoms in total. The van der Waals surface area contributed by atoms with Gasteiger partial charge in [-0.05, 0) is 0 Å². The van der Waals surface area contributed by atoms with Crippen LogP contribution in [0.5, 0.6) is 5.88 Å². The van der Waals surface area contributed by atoms with Gasteiger partial charge in [-0.25, -0.2) is 0 Å². The molecule has 0 saturated carbocycles. The molecule has 0 spiro atoms. The van der Waals surface area contributed by atoms with Crippen LogP contribution in [0.3, 0.4) is 0 Å². The molecule has 0 amide bonds. The highest BCUT2D eigenvalue weighted by atomic mass is 35.5. The molecule has 1 aromatic heterocycles. The van der Waals surface area contributed by atoms with Crippen LogP contribution in [0.2, 0.25) is 0 Å². The van der Waals surface area contributed by atoms with E-state index in [0.29, 0.717) is 0 Å². The van der Waals surface area contributed by atoms with E-state index in [1.165, 1.54) is 10.9 Å². The first kappa shape index (κ1) is 13.9. The number of anilines is 1. The summed E-state index contributed by atoms with van der Waals surface area (Å²) in [7, 11) is 1.60. The average molecular weight is 246 g/mol. The van der Waals surface area contributed by atoms with E-state index < -0.39 is 19.2 Å². The zero-order chi connectivity index (χ0) is 10.8. The molecular weight excluding hydrogens is 235 g/mol. The Morgan fingerprint density at radius 3 is 2.53 bits per heavy atom. The number of halogens is 4. The Labute approximate surface area is 90.6 Å². The Bertz CT molecular complexity index is 313. The van der Waals surface area contributed by atoms with Gasteiger partial charge in [0.15, 0.2) is 0 Å². The molecule has 0 radical (unpaired) electrons. The van der Waals surface area contributed by atoms with Gasteiger partial charge in [0.25, 0.3) is 5.88 Å². The van der Waals surface area contributed by atoms with Crippen molar-refractivity contribution in [2.75, 3.05) is 12.3 Å². The van der Waals surface area contributed by atoms with E-state index in [4.69, 9.17) is 10.5 Å². The standard InChI is InChI=1S/C7H10F3N3O.ClH/c1-13-4-5(11)6(12-13)14-3-2-7(8,9)10;/h4H,2-3,11H2,1H3;1H. The summed E-state index contributed by atoms with van der Waals surface area (Å²) < 4.78 is 41.3. The minimum absolute atomic E-state index is 0. The second kappa shape index (κ2) is 5.11. The predicted molar refractivity (Wildman–Crippen MR) is 51.0 cm³/mol. The molecular formula is C7H11ClF3N3O. The van der Waals surface area contributed by atoms with Crippen molar-refractivity contribution in [3.63, 3.8) is 0 Å². The third-order valence-electron chi connectivity index (χ3n) is 1.45. The molecule has 1 heterocycles. The maximum absolute atomic E-state index is 11.7. The molecule has 1 rings (SSSR count). The van der Waals surface area contributed by atoms with Gasteiger partial charge in [-0.1, -0.05) is 0 Å². The number of hydrogen-bond donors (Lipinski definition) is 1. The van der Waals surface area contributed by atoms with E-state index >= 15 is 0 Å². The summed E-state index contributed by atoms with van der Waals surface area (Å²) in [6.07, 6.45) is -3.77. The zero-order valence-electron chi connectivity index (χ0n) is 7.91. The number of alkyl halides is 3. The van der Waals surface area contributed by atoms with Crippen molar-refractivity contribution in [2.24, 2.45) is 7.05 Å². The van der Waals surface area contributed by atoms with Crippen LogP contribution in [0, 0.1) is 0 Å². The highest BCUT2D eigenvalue weighted by Crippen LogP contribution is 2.22. The fourth-order valence-electron chi connectivity index (χ4n) is 0.862. The Morgan fingerprint density at radius 1 is 1.53 bits per heavy atom. The van der Waals surface area contributed by atoms with Gasteiger partial charge in [0.2, 0.25) is 0 Å². The summed E-state index contributed by atoms with van der Waals surface area (Å²) >= 11 is 0. The lowest BCUT2D eigenvalue weighted by Crippen LogP contribution is -2.13. The van der Waals surface area contributed by atoms with Crippen LogP contribution in [0.1, 0.15) is 6.42 Å². The Balaban J connectivity index is 0.00000196. The van der Waals surface area contributed by atoms with Crippen molar-refractivity contribution in [1.82, 2.24) is 9.78 Å². The second-order valence-electron chi connectivity index (χ2n) is 2.78. The quantitative estimate of drug-likeness (QED) is 0.883. The fourth-order valence-corrected chi connectivity index (χ4v) is 0.862.